The second-order valence-electron chi connectivity index (χ2n) is 4.98. The van der Waals surface area contributed by atoms with Gasteiger partial charge in [-0.15, -0.1) is 0 Å². The van der Waals surface area contributed by atoms with Gasteiger partial charge in [0.15, 0.2) is 0 Å². The van der Waals surface area contributed by atoms with Crippen molar-refractivity contribution < 1.29 is 56.5 Å². The first-order valence-corrected chi connectivity index (χ1v) is 7.42. The fraction of sp³-hybridized carbons (Fsp3) is 0.100. The zero-order valence-corrected chi connectivity index (χ0v) is 17.2. The van der Waals surface area contributed by atoms with Gasteiger partial charge in [0.05, 0.1) is 12.0 Å². The molecule has 0 aliphatic heterocycles. The molecule has 1 aromatic rings. The Bertz CT molecular complexity index is 478. The van der Waals surface area contributed by atoms with Crippen LogP contribution in [-0.4, -0.2) is 18.2 Å². The Morgan fingerprint density at radius 1 is 0.960 bits per heavy atom. The summed E-state index contributed by atoms with van der Waals surface area (Å²) in [6.07, 6.45) is 19.4. The molecule has 2 fully saturated rings. The maximum Gasteiger partial charge on any atom is 2.00 e. The SMILES string of the molecule is O=C([O-])[C@H](Cc1ccccc1)N=C[C]1[CH][CH][CH][CH]1.[CH]1[CH][CH][CH][CH]1.[Fe+2].[Na+]. The topological polar surface area (TPSA) is 52.5 Å². The number of carbonyl (C=O) groups excluding carboxylic acids is 1. The molecule has 2 aliphatic rings. The molecule has 122 valence electrons. The van der Waals surface area contributed by atoms with E-state index in [1.807, 2.05) is 88.1 Å². The average molecular weight is 383 g/mol. The molecule has 3 nitrogen and oxygen atoms in total. The molecule has 10 radical (unpaired) electrons. The zero-order chi connectivity index (χ0) is 16.3. The van der Waals surface area contributed by atoms with Gasteiger partial charge in [-0.2, -0.15) is 0 Å². The number of carboxylic acid groups (broad SMARTS) is 1. The first kappa shape index (κ1) is 24.9. The third-order valence-corrected chi connectivity index (χ3v) is 3.19. The van der Waals surface area contributed by atoms with Crippen LogP contribution in [0.25, 0.3) is 0 Å². The van der Waals surface area contributed by atoms with E-state index in [-0.39, 0.29) is 46.6 Å². The van der Waals surface area contributed by atoms with Crippen LogP contribution in [0.2, 0.25) is 0 Å². The van der Waals surface area contributed by atoms with Crippen molar-refractivity contribution in [1.29, 1.82) is 0 Å². The number of hydrogen-bond donors (Lipinski definition) is 0. The molecule has 0 aromatic heterocycles. The summed E-state index contributed by atoms with van der Waals surface area (Å²) < 4.78 is 0. The van der Waals surface area contributed by atoms with E-state index in [2.05, 4.69) is 4.99 Å². The Labute approximate surface area is 184 Å². The van der Waals surface area contributed by atoms with Crippen LogP contribution in [0.5, 0.6) is 0 Å². The number of nitrogens with zero attached hydrogens (tertiary/aromatic N) is 1. The van der Waals surface area contributed by atoms with Crippen molar-refractivity contribution in [3.05, 3.63) is 99.6 Å². The Balaban J connectivity index is 0.000000711. The van der Waals surface area contributed by atoms with Gasteiger partial charge in [0.25, 0.3) is 0 Å². The summed E-state index contributed by atoms with van der Waals surface area (Å²) in [7, 11) is 0. The Kier molecular flexibility index (Phi) is 14.9. The van der Waals surface area contributed by atoms with Crippen molar-refractivity contribution in [2.75, 3.05) is 0 Å². The van der Waals surface area contributed by atoms with Crippen molar-refractivity contribution in [3.8, 4) is 0 Å². The van der Waals surface area contributed by atoms with E-state index in [0.717, 1.165) is 11.5 Å². The Morgan fingerprint density at radius 3 is 1.96 bits per heavy atom. The van der Waals surface area contributed by atoms with E-state index in [1.165, 1.54) is 0 Å². The number of aliphatic imine (C=N–C) groups is 1. The normalized spacial score (nSPS) is 17.9. The molecule has 1 atom stereocenters. The maximum atomic E-state index is 11.0. The molecule has 5 heteroatoms. The fourth-order valence-corrected chi connectivity index (χ4v) is 2.01. The molecule has 1 aromatic carbocycles. The summed E-state index contributed by atoms with van der Waals surface area (Å²) in [5.41, 5.74) is 0.936. The number of carboxylic acids is 1. The van der Waals surface area contributed by atoms with Crippen molar-refractivity contribution in [2.45, 2.75) is 12.5 Å². The van der Waals surface area contributed by atoms with E-state index < -0.39 is 12.0 Å². The number of aliphatic carboxylic acids is 1. The van der Waals surface area contributed by atoms with Crippen molar-refractivity contribution in [2.24, 2.45) is 4.99 Å². The molecule has 25 heavy (non-hydrogen) atoms. The molecule has 0 unspecified atom stereocenters. The molecule has 2 saturated carbocycles. The van der Waals surface area contributed by atoms with Crippen LogP contribution in [0, 0.1) is 63.7 Å². The first-order valence-electron chi connectivity index (χ1n) is 7.42. The summed E-state index contributed by atoms with van der Waals surface area (Å²) in [6.45, 7) is 0. The Hall–Kier alpha value is -0.121. The van der Waals surface area contributed by atoms with Crippen LogP contribution in [0.3, 0.4) is 0 Å². The van der Waals surface area contributed by atoms with Gasteiger partial charge in [0.2, 0.25) is 0 Å². The van der Waals surface area contributed by atoms with Gasteiger partial charge in [0.1, 0.15) is 0 Å². The Morgan fingerprint density at radius 2 is 1.48 bits per heavy atom. The number of rotatable bonds is 5. The molecule has 0 saturated heterocycles. The first-order chi connectivity index (χ1) is 11.3. The van der Waals surface area contributed by atoms with E-state index >= 15 is 0 Å². The molecule has 0 bridgehead atoms. The minimum atomic E-state index is -1.15. The minimum absolute atomic E-state index is 0. The van der Waals surface area contributed by atoms with Crippen LogP contribution < -0.4 is 34.7 Å². The second kappa shape index (κ2) is 15.0. The molecule has 0 heterocycles. The smallest absolute Gasteiger partial charge is 0.548 e. The van der Waals surface area contributed by atoms with E-state index in [9.17, 15) is 9.90 Å². The van der Waals surface area contributed by atoms with E-state index in [0.29, 0.717) is 6.42 Å². The number of benzene rings is 1. The third-order valence-electron chi connectivity index (χ3n) is 3.19. The summed E-state index contributed by atoms with van der Waals surface area (Å²) >= 11 is 0. The van der Waals surface area contributed by atoms with E-state index in [1.54, 1.807) is 6.21 Å². The van der Waals surface area contributed by atoms with Gasteiger partial charge in [-0.1, -0.05) is 30.3 Å². The summed E-state index contributed by atoms with van der Waals surface area (Å²) in [5.74, 6) is -0.254. The maximum absolute atomic E-state index is 11.0. The molecular formula is C20H18FeNNaO2+2. The largest absolute Gasteiger partial charge is 2.00 e. The molecule has 2 aliphatic carbocycles. The number of carbonyl (C=O) groups is 1. The quantitative estimate of drug-likeness (QED) is 0.476. The van der Waals surface area contributed by atoms with Gasteiger partial charge >= 0.3 is 46.6 Å². The molecular weight excluding hydrogens is 365 g/mol. The van der Waals surface area contributed by atoms with Crippen molar-refractivity contribution >= 4 is 12.2 Å². The van der Waals surface area contributed by atoms with Crippen LogP contribution in [0.1, 0.15) is 5.56 Å². The van der Waals surface area contributed by atoms with Gasteiger partial charge in [-0.3, -0.25) is 4.99 Å². The van der Waals surface area contributed by atoms with Crippen molar-refractivity contribution in [3.63, 3.8) is 0 Å². The van der Waals surface area contributed by atoms with Gasteiger partial charge in [-0.25, -0.2) is 0 Å². The summed E-state index contributed by atoms with van der Waals surface area (Å²) in [6, 6.07) is 8.57. The minimum Gasteiger partial charge on any atom is -0.548 e. The van der Waals surface area contributed by atoms with Crippen LogP contribution in [-0.2, 0) is 28.3 Å². The standard InChI is InChI=1S/C15H14NO2.C5H5.Fe.Na/c17-15(18)14(10-12-6-2-1-3-7-12)16-11-13-8-4-5-9-13;1-2-4-5-3-1;;/h1-9,11,14H,10H2,(H,17,18);1-5H;;/q;;+2;+1/p-1/t14-;;;/m0.../s1. The van der Waals surface area contributed by atoms with Gasteiger partial charge in [0, 0.05) is 18.6 Å². The molecule has 0 N–H and O–H groups in total. The van der Waals surface area contributed by atoms with Crippen LogP contribution in [0.15, 0.2) is 35.3 Å². The predicted octanol–water partition coefficient (Wildman–Crippen LogP) is -1.15. The predicted molar refractivity (Wildman–Crippen MR) is 89.4 cm³/mol. The zero-order valence-electron chi connectivity index (χ0n) is 14.1. The number of hydrogen-bond acceptors (Lipinski definition) is 3. The van der Waals surface area contributed by atoms with Crippen molar-refractivity contribution in [1.82, 2.24) is 0 Å². The van der Waals surface area contributed by atoms with E-state index in [4.69, 9.17) is 0 Å². The molecule has 0 amide bonds. The van der Waals surface area contributed by atoms with Gasteiger partial charge in [-0.05, 0) is 63.4 Å². The second-order valence-corrected chi connectivity index (χ2v) is 4.98. The monoisotopic (exact) mass is 383 g/mol. The summed E-state index contributed by atoms with van der Waals surface area (Å²) in [4.78, 5) is 15.1. The van der Waals surface area contributed by atoms with Crippen LogP contribution >= 0.6 is 0 Å². The van der Waals surface area contributed by atoms with Gasteiger partial charge < -0.3 is 9.90 Å². The summed E-state index contributed by atoms with van der Waals surface area (Å²) in [5, 5.41) is 11.0. The molecule has 3 rings (SSSR count). The van der Waals surface area contributed by atoms with Crippen LogP contribution in [0.4, 0.5) is 0 Å². The molecule has 0 spiro atoms. The average Bonchev–Trinajstić information content (AvgIpc) is 3.28. The fourth-order valence-electron chi connectivity index (χ4n) is 2.01. The third kappa shape index (κ3) is 10.6.